The molecule has 0 aromatic heterocycles. The van der Waals surface area contributed by atoms with Crippen LogP contribution in [0.5, 0.6) is 0 Å². The van der Waals surface area contributed by atoms with Gasteiger partial charge in [-0.15, -0.1) is 0 Å². The fourth-order valence-electron chi connectivity index (χ4n) is 2.80. The van der Waals surface area contributed by atoms with Gasteiger partial charge in [0, 0.05) is 24.5 Å². The van der Waals surface area contributed by atoms with Gasteiger partial charge in [0.05, 0.1) is 4.90 Å². The van der Waals surface area contributed by atoms with Crippen molar-refractivity contribution in [3.05, 3.63) is 77.3 Å². The summed E-state index contributed by atoms with van der Waals surface area (Å²) in [6, 6.07) is 19.9. The maximum atomic E-state index is 12.4. The summed E-state index contributed by atoms with van der Waals surface area (Å²) >= 11 is 5.84. The lowest BCUT2D eigenvalue weighted by Crippen LogP contribution is -2.31. The van der Waals surface area contributed by atoms with Gasteiger partial charge >= 0.3 is 0 Å². The summed E-state index contributed by atoms with van der Waals surface area (Å²) in [6.45, 7) is 0.528. The molecule has 3 aromatic carbocycles. The monoisotopic (exact) mass is 416 g/mol. The lowest BCUT2D eigenvalue weighted by Gasteiger charge is -2.09. The van der Waals surface area contributed by atoms with Crippen molar-refractivity contribution in [3.63, 3.8) is 0 Å². The highest BCUT2D eigenvalue weighted by Crippen LogP contribution is 2.18. The molecule has 28 heavy (non-hydrogen) atoms. The van der Waals surface area contributed by atoms with E-state index in [2.05, 4.69) is 10.0 Å². The Kier molecular flexibility index (Phi) is 6.67. The Labute approximate surface area is 169 Å². The molecule has 0 fully saturated rings. The van der Waals surface area contributed by atoms with Gasteiger partial charge in [-0.1, -0.05) is 54.1 Å². The van der Waals surface area contributed by atoms with Gasteiger partial charge in [-0.25, -0.2) is 13.1 Å². The number of benzene rings is 3. The summed E-state index contributed by atoms with van der Waals surface area (Å²) in [5, 5.41) is 5.29. The Morgan fingerprint density at radius 2 is 1.61 bits per heavy atom. The average molecular weight is 417 g/mol. The third-order valence-corrected chi connectivity index (χ3v) is 6.04. The zero-order valence-corrected chi connectivity index (χ0v) is 16.8. The van der Waals surface area contributed by atoms with Crippen LogP contribution < -0.4 is 10.0 Å². The maximum Gasteiger partial charge on any atom is 0.240 e. The molecule has 0 unspecified atom stereocenters. The Balaban J connectivity index is 1.46. The molecule has 0 saturated heterocycles. The Morgan fingerprint density at radius 3 is 2.36 bits per heavy atom. The van der Waals surface area contributed by atoms with E-state index in [4.69, 9.17) is 11.6 Å². The number of carbonyl (C=O) groups is 1. The molecule has 0 atom stereocenters. The summed E-state index contributed by atoms with van der Waals surface area (Å²) in [7, 11) is -3.66. The summed E-state index contributed by atoms with van der Waals surface area (Å²) < 4.78 is 27.3. The first kappa shape index (κ1) is 20.3. The quantitative estimate of drug-likeness (QED) is 0.590. The van der Waals surface area contributed by atoms with Crippen molar-refractivity contribution in [2.75, 3.05) is 13.1 Å². The van der Waals surface area contributed by atoms with Crippen LogP contribution in [-0.2, 0) is 21.2 Å². The van der Waals surface area contributed by atoms with E-state index in [0.29, 0.717) is 18.0 Å². The lowest BCUT2D eigenvalue weighted by molar-refractivity contribution is -0.120. The van der Waals surface area contributed by atoms with Crippen molar-refractivity contribution in [1.82, 2.24) is 10.0 Å². The predicted molar refractivity (Wildman–Crippen MR) is 112 cm³/mol. The second-order valence-electron chi connectivity index (χ2n) is 6.38. The molecule has 0 bridgehead atoms. The highest BCUT2D eigenvalue weighted by Gasteiger charge is 2.14. The van der Waals surface area contributed by atoms with Crippen LogP contribution >= 0.6 is 11.6 Å². The Morgan fingerprint density at radius 1 is 0.893 bits per heavy atom. The second kappa shape index (κ2) is 9.19. The van der Waals surface area contributed by atoms with E-state index >= 15 is 0 Å². The molecule has 5 nitrogen and oxygen atoms in total. The van der Waals surface area contributed by atoms with E-state index in [0.717, 1.165) is 16.3 Å². The number of nitrogens with one attached hydrogen (secondary N) is 2. The molecule has 0 saturated carbocycles. The molecular formula is C21H21ClN2O3S. The maximum absolute atomic E-state index is 12.4. The van der Waals surface area contributed by atoms with E-state index in [-0.39, 0.29) is 23.8 Å². The normalized spacial score (nSPS) is 11.5. The van der Waals surface area contributed by atoms with Gasteiger partial charge in [0.1, 0.15) is 0 Å². The topological polar surface area (TPSA) is 75.3 Å². The summed E-state index contributed by atoms with van der Waals surface area (Å²) in [4.78, 5) is 12.1. The van der Waals surface area contributed by atoms with Crippen molar-refractivity contribution in [2.24, 2.45) is 0 Å². The van der Waals surface area contributed by atoms with E-state index in [9.17, 15) is 13.2 Å². The molecule has 0 spiro atoms. The van der Waals surface area contributed by atoms with Gasteiger partial charge in [0.25, 0.3) is 0 Å². The largest absolute Gasteiger partial charge is 0.356 e. The van der Waals surface area contributed by atoms with Crippen molar-refractivity contribution in [3.8, 4) is 0 Å². The molecule has 0 heterocycles. The van der Waals surface area contributed by atoms with Crippen molar-refractivity contribution in [2.45, 2.75) is 17.7 Å². The van der Waals surface area contributed by atoms with Crippen LogP contribution in [0.4, 0.5) is 0 Å². The molecule has 146 valence electrons. The second-order valence-corrected chi connectivity index (χ2v) is 8.59. The Bertz CT molecular complexity index is 1070. The smallest absolute Gasteiger partial charge is 0.240 e. The number of amides is 1. The van der Waals surface area contributed by atoms with Crippen LogP contribution in [0.25, 0.3) is 10.8 Å². The van der Waals surface area contributed by atoms with Crippen LogP contribution in [0.2, 0.25) is 5.02 Å². The fourth-order valence-corrected chi connectivity index (χ4v) is 4.00. The van der Waals surface area contributed by atoms with Gasteiger partial charge in [-0.3, -0.25) is 4.79 Å². The third-order valence-electron chi connectivity index (χ3n) is 4.32. The molecular weight excluding hydrogens is 396 g/mol. The number of fused-ring (bicyclic) bond motifs is 1. The minimum absolute atomic E-state index is 0.0436. The molecule has 2 N–H and O–H groups in total. The Hall–Kier alpha value is -2.41. The van der Waals surface area contributed by atoms with E-state index in [1.807, 2.05) is 36.4 Å². The first-order valence-electron chi connectivity index (χ1n) is 8.94. The number of halogens is 1. The van der Waals surface area contributed by atoms with Crippen molar-refractivity contribution >= 4 is 38.3 Å². The molecule has 3 aromatic rings. The van der Waals surface area contributed by atoms with Crippen LogP contribution in [0.1, 0.15) is 12.0 Å². The molecule has 0 aliphatic heterocycles. The lowest BCUT2D eigenvalue weighted by atomic mass is 10.1. The number of rotatable bonds is 8. The first-order chi connectivity index (χ1) is 13.4. The van der Waals surface area contributed by atoms with E-state index < -0.39 is 10.0 Å². The summed E-state index contributed by atoms with van der Waals surface area (Å²) in [6.07, 6.45) is 0.763. The standard InChI is InChI=1S/C21H21ClN2O3S/c22-19-8-5-16(6-9-19)11-13-23-21(25)12-14-24-28(26,27)20-10-7-17-3-1-2-4-18(17)15-20/h1-10,15,24H,11-14H2,(H,23,25). The minimum Gasteiger partial charge on any atom is -0.356 e. The van der Waals surface area contributed by atoms with Gasteiger partial charge in [-0.2, -0.15) is 0 Å². The molecule has 0 aliphatic rings. The fraction of sp³-hybridized carbons (Fsp3) is 0.190. The van der Waals surface area contributed by atoms with Crippen LogP contribution in [0.3, 0.4) is 0 Å². The highest BCUT2D eigenvalue weighted by atomic mass is 35.5. The average Bonchev–Trinajstić information content (AvgIpc) is 2.69. The minimum atomic E-state index is -3.66. The number of hydrogen-bond donors (Lipinski definition) is 2. The number of carbonyl (C=O) groups excluding carboxylic acids is 1. The SMILES string of the molecule is O=C(CCNS(=O)(=O)c1ccc2ccccc2c1)NCCc1ccc(Cl)cc1. The predicted octanol–water partition coefficient (Wildman–Crippen LogP) is 3.52. The summed E-state index contributed by atoms with van der Waals surface area (Å²) in [5.74, 6) is -0.199. The molecule has 3 rings (SSSR count). The third kappa shape index (κ3) is 5.55. The summed E-state index contributed by atoms with van der Waals surface area (Å²) in [5.41, 5.74) is 1.07. The van der Waals surface area contributed by atoms with Gasteiger partial charge in [0.15, 0.2) is 0 Å². The van der Waals surface area contributed by atoms with Gasteiger partial charge in [-0.05, 0) is 47.0 Å². The number of hydrogen-bond acceptors (Lipinski definition) is 3. The molecule has 1 amide bonds. The van der Waals surface area contributed by atoms with Crippen molar-refractivity contribution in [1.29, 1.82) is 0 Å². The van der Waals surface area contributed by atoms with Crippen LogP contribution in [-0.4, -0.2) is 27.4 Å². The zero-order chi connectivity index (χ0) is 20.0. The van der Waals surface area contributed by atoms with E-state index in [1.54, 1.807) is 30.3 Å². The van der Waals surface area contributed by atoms with Gasteiger partial charge in [0.2, 0.25) is 15.9 Å². The number of sulfonamides is 1. The first-order valence-corrected chi connectivity index (χ1v) is 10.8. The molecule has 0 radical (unpaired) electrons. The molecule has 7 heteroatoms. The molecule has 0 aliphatic carbocycles. The van der Waals surface area contributed by atoms with Crippen LogP contribution in [0, 0.1) is 0 Å². The zero-order valence-electron chi connectivity index (χ0n) is 15.2. The van der Waals surface area contributed by atoms with Gasteiger partial charge < -0.3 is 5.32 Å². The van der Waals surface area contributed by atoms with E-state index in [1.165, 1.54) is 0 Å². The van der Waals surface area contributed by atoms with Crippen molar-refractivity contribution < 1.29 is 13.2 Å². The highest BCUT2D eigenvalue weighted by molar-refractivity contribution is 7.89. The van der Waals surface area contributed by atoms with Crippen LogP contribution in [0.15, 0.2) is 71.6 Å².